The molecule has 0 aliphatic carbocycles. The SMILES string of the molecule is O=C(Nc1cccc(OC(F)F)c1)c1cc(S(=O)(=O)N2CCSCC2)c[nH]1. The summed E-state index contributed by atoms with van der Waals surface area (Å²) in [5.41, 5.74) is 0.283. The Balaban J connectivity index is 1.72. The lowest BCUT2D eigenvalue weighted by Gasteiger charge is -2.24. The van der Waals surface area contributed by atoms with Crippen LogP contribution in [0.25, 0.3) is 0 Å². The molecule has 1 aliphatic rings. The summed E-state index contributed by atoms with van der Waals surface area (Å²) in [7, 11) is -3.66. The maximum Gasteiger partial charge on any atom is 0.387 e. The van der Waals surface area contributed by atoms with Crippen LogP contribution in [0.2, 0.25) is 0 Å². The number of hydrogen-bond acceptors (Lipinski definition) is 5. The van der Waals surface area contributed by atoms with E-state index in [-0.39, 0.29) is 22.0 Å². The van der Waals surface area contributed by atoms with Gasteiger partial charge in [-0.25, -0.2) is 8.42 Å². The second-order valence-electron chi connectivity index (χ2n) is 5.63. The molecular weight excluding hydrogens is 400 g/mol. The van der Waals surface area contributed by atoms with Crippen LogP contribution in [0.15, 0.2) is 41.4 Å². The fraction of sp³-hybridized carbons (Fsp3) is 0.312. The van der Waals surface area contributed by atoms with Crippen LogP contribution in [0, 0.1) is 0 Å². The first-order valence-corrected chi connectivity index (χ1v) is 10.6. The molecule has 2 N–H and O–H groups in total. The van der Waals surface area contributed by atoms with Crippen LogP contribution < -0.4 is 10.1 Å². The molecule has 1 saturated heterocycles. The third kappa shape index (κ3) is 4.79. The highest BCUT2D eigenvalue weighted by Gasteiger charge is 2.27. The summed E-state index contributed by atoms with van der Waals surface area (Å²) in [4.78, 5) is 15.0. The Labute approximate surface area is 159 Å². The molecule has 0 saturated carbocycles. The Kier molecular flexibility index (Phi) is 6.02. The molecule has 2 heterocycles. The van der Waals surface area contributed by atoms with Crippen LogP contribution in [-0.2, 0) is 10.0 Å². The molecule has 1 fully saturated rings. The highest BCUT2D eigenvalue weighted by atomic mass is 32.2. The molecule has 11 heteroatoms. The fourth-order valence-electron chi connectivity index (χ4n) is 2.54. The van der Waals surface area contributed by atoms with Crippen molar-refractivity contribution in [3.63, 3.8) is 0 Å². The lowest BCUT2D eigenvalue weighted by Crippen LogP contribution is -2.37. The number of alkyl halides is 2. The van der Waals surface area contributed by atoms with E-state index in [4.69, 9.17) is 0 Å². The number of carbonyl (C=O) groups is 1. The van der Waals surface area contributed by atoms with Gasteiger partial charge in [0, 0.05) is 42.5 Å². The summed E-state index contributed by atoms with van der Waals surface area (Å²) >= 11 is 1.69. The number of amides is 1. The number of H-pyrrole nitrogens is 1. The van der Waals surface area contributed by atoms with Crippen molar-refractivity contribution in [2.75, 3.05) is 29.9 Å². The topological polar surface area (TPSA) is 91.5 Å². The lowest BCUT2D eigenvalue weighted by atomic mass is 10.3. The number of nitrogens with one attached hydrogen (secondary N) is 2. The highest BCUT2D eigenvalue weighted by Crippen LogP contribution is 2.22. The number of thioether (sulfide) groups is 1. The summed E-state index contributed by atoms with van der Waals surface area (Å²) in [6.07, 6.45) is 1.27. The lowest BCUT2D eigenvalue weighted by molar-refractivity contribution is -0.0498. The van der Waals surface area contributed by atoms with Crippen molar-refractivity contribution < 1.29 is 26.7 Å². The normalized spacial score (nSPS) is 15.7. The summed E-state index contributed by atoms with van der Waals surface area (Å²) in [5.74, 6) is 0.766. The third-order valence-corrected chi connectivity index (χ3v) is 6.64. The molecule has 3 rings (SSSR count). The Morgan fingerprint density at radius 1 is 1.26 bits per heavy atom. The largest absolute Gasteiger partial charge is 0.435 e. The third-order valence-electron chi connectivity index (χ3n) is 3.83. The zero-order valence-electron chi connectivity index (χ0n) is 14.0. The smallest absolute Gasteiger partial charge is 0.387 e. The summed E-state index contributed by atoms with van der Waals surface area (Å²) in [5, 5.41) is 2.51. The van der Waals surface area contributed by atoms with E-state index >= 15 is 0 Å². The van der Waals surface area contributed by atoms with E-state index in [1.54, 1.807) is 11.8 Å². The number of carbonyl (C=O) groups excluding carboxylic acids is 1. The van der Waals surface area contributed by atoms with Crippen molar-refractivity contribution in [1.29, 1.82) is 0 Å². The molecule has 0 radical (unpaired) electrons. The molecule has 1 aromatic carbocycles. The Morgan fingerprint density at radius 2 is 2.00 bits per heavy atom. The van der Waals surface area contributed by atoms with Crippen LogP contribution in [-0.4, -0.2) is 54.8 Å². The molecule has 1 aliphatic heterocycles. The summed E-state index contributed by atoms with van der Waals surface area (Å²) < 4.78 is 55.4. The van der Waals surface area contributed by atoms with E-state index in [2.05, 4.69) is 15.0 Å². The van der Waals surface area contributed by atoms with Crippen LogP contribution in [0.3, 0.4) is 0 Å². The van der Waals surface area contributed by atoms with E-state index in [1.807, 2.05) is 0 Å². The first kappa shape index (κ1) is 19.6. The minimum atomic E-state index is -3.66. The summed E-state index contributed by atoms with van der Waals surface area (Å²) in [6.45, 7) is -2.12. The zero-order valence-corrected chi connectivity index (χ0v) is 15.7. The zero-order chi connectivity index (χ0) is 19.4. The van der Waals surface area contributed by atoms with Gasteiger partial charge < -0.3 is 15.0 Å². The van der Waals surface area contributed by atoms with Gasteiger partial charge in [0.1, 0.15) is 16.3 Å². The number of aromatic nitrogens is 1. The van der Waals surface area contributed by atoms with Crippen molar-refractivity contribution in [3.8, 4) is 5.75 Å². The maximum atomic E-state index is 12.6. The Morgan fingerprint density at radius 3 is 2.70 bits per heavy atom. The van der Waals surface area contributed by atoms with Gasteiger partial charge in [-0.15, -0.1) is 0 Å². The van der Waals surface area contributed by atoms with Crippen LogP contribution >= 0.6 is 11.8 Å². The Bertz CT molecular complexity index is 912. The highest BCUT2D eigenvalue weighted by molar-refractivity contribution is 7.99. The van der Waals surface area contributed by atoms with Gasteiger partial charge in [0.05, 0.1) is 0 Å². The van der Waals surface area contributed by atoms with Crippen molar-refractivity contribution in [2.24, 2.45) is 0 Å². The van der Waals surface area contributed by atoms with Gasteiger partial charge in [0.25, 0.3) is 5.91 Å². The molecule has 0 unspecified atom stereocenters. The molecule has 146 valence electrons. The van der Waals surface area contributed by atoms with Gasteiger partial charge in [0.15, 0.2) is 0 Å². The molecule has 2 aromatic rings. The number of hydrogen-bond donors (Lipinski definition) is 2. The van der Waals surface area contributed by atoms with E-state index in [0.717, 1.165) is 11.5 Å². The summed E-state index contributed by atoms with van der Waals surface area (Å²) in [6, 6.07) is 6.79. The predicted octanol–water partition coefficient (Wildman–Crippen LogP) is 2.61. The standard InChI is InChI=1S/C16H17F2N3O4S2/c17-16(18)25-12-3-1-2-11(8-12)20-15(22)14-9-13(10-19-14)27(23,24)21-4-6-26-7-5-21/h1-3,8-10,16,19H,4-7H2,(H,20,22). The molecule has 0 spiro atoms. The first-order valence-electron chi connectivity index (χ1n) is 7.99. The maximum absolute atomic E-state index is 12.6. The number of nitrogens with zero attached hydrogens (tertiary/aromatic N) is 1. The van der Waals surface area contributed by atoms with Gasteiger partial charge >= 0.3 is 6.61 Å². The number of halogens is 2. The molecule has 1 amide bonds. The molecule has 1 aromatic heterocycles. The average molecular weight is 417 g/mol. The second-order valence-corrected chi connectivity index (χ2v) is 8.79. The van der Waals surface area contributed by atoms with Crippen LogP contribution in [0.4, 0.5) is 14.5 Å². The molecule has 0 bridgehead atoms. The van der Waals surface area contributed by atoms with Crippen molar-refractivity contribution in [1.82, 2.24) is 9.29 Å². The van der Waals surface area contributed by atoms with Crippen molar-refractivity contribution in [3.05, 3.63) is 42.2 Å². The van der Waals surface area contributed by atoms with Crippen LogP contribution in [0.1, 0.15) is 10.5 Å². The van der Waals surface area contributed by atoms with E-state index in [1.165, 1.54) is 40.8 Å². The molecule has 7 nitrogen and oxygen atoms in total. The van der Waals surface area contributed by atoms with Crippen molar-refractivity contribution >= 4 is 33.4 Å². The number of sulfonamides is 1. The first-order chi connectivity index (χ1) is 12.9. The number of ether oxygens (including phenoxy) is 1. The fourth-order valence-corrected chi connectivity index (χ4v) is 5.11. The predicted molar refractivity (Wildman–Crippen MR) is 97.9 cm³/mol. The van der Waals surface area contributed by atoms with Gasteiger partial charge in [-0.1, -0.05) is 6.07 Å². The quantitative estimate of drug-likeness (QED) is 0.754. The minimum absolute atomic E-state index is 0.00864. The number of benzene rings is 1. The minimum Gasteiger partial charge on any atom is -0.435 e. The van der Waals surface area contributed by atoms with E-state index in [9.17, 15) is 22.0 Å². The molecule has 0 atom stereocenters. The van der Waals surface area contributed by atoms with Gasteiger partial charge in [-0.05, 0) is 18.2 Å². The monoisotopic (exact) mass is 417 g/mol. The Hall–Kier alpha value is -2.11. The number of rotatable bonds is 6. The van der Waals surface area contributed by atoms with E-state index in [0.29, 0.717) is 13.1 Å². The van der Waals surface area contributed by atoms with Crippen molar-refractivity contribution in [2.45, 2.75) is 11.5 Å². The van der Waals surface area contributed by atoms with Gasteiger partial charge in [0.2, 0.25) is 10.0 Å². The number of aromatic amines is 1. The molecular formula is C16H17F2N3O4S2. The van der Waals surface area contributed by atoms with Gasteiger partial charge in [-0.2, -0.15) is 24.8 Å². The van der Waals surface area contributed by atoms with E-state index < -0.39 is 22.5 Å². The average Bonchev–Trinajstić information content (AvgIpc) is 3.13. The van der Waals surface area contributed by atoms with Crippen LogP contribution in [0.5, 0.6) is 5.75 Å². The number of anilines is 1. The molecule has 27 heavy (non-hydrogen) atoms. The van der Waals surface area contributed by atoms with Gasteiger partial charge in [-0.3, -0.25) is 4.79 Å². The second kappa shape index (κ2) is 8.28.